The van der Waals surface area contributed by atoms with Crippen molar-refractivity contribution in [3.05, 3.63) is 58.5 Å². The van der Waals surface area contributed by atoms with Crippen LogP contribution >= 0.6 is 0 Å². The Labute approximate surface area is 196 Å². The van der Waals surface area contributed by atoms with Crippen LogP contribution in [0.25, 0.3) is 0 Å². The Kier molecular flexibility index (Phi) is 7.76. The lowest BCUT2D eigenvalue weighted by molar-refractivity contribution is -0.115. The fourth-order valence-corrected chi connectivity index (χ4v) is 5.16. The molecule has 0 spiro atoms. The second-order valence-electron chi connectivity index (χ2n) is 9.16. The molecule has 6 heteroatoms. The lowest BCUT2D eigenvalue weighted by Gasteiger charge is -2.36. The molecule has 2 aliphatic heterocycles. The summed E-state index contributed by atoms with van der Waals surface area (Å²) in [6, 6.07) is 0.385. The van der Waals surface area contributed by atoms with Crippen molar-refractivity contribution in [2.45, 2.75) is 64.8 Å². The van der Waals surface area contributed by atoms with Gasteiger partial charge in [-0.3, -0.25) is 14.6 Å². The van der Waals surface area contributed by atoms with Crippen LogP contribution in [0, 0.1) is 0 Å². The van der Waals surface area contributed by atoms with Gasteiger partial charge in [-0.15, -0.1) is 0 Å². The molecule has 0 atom stereocenters. The molecule has 1 fully saturated rings. The second kappa shape index (κ2) is 10.9. The van der Waals surface area contributed by atoms with E-state index in [0.29, 0.717) is 24.4 Å². The SMILES string of the molecule is CCN(c1cncc2c1C/C=C/CCCC1=C(CNC2=O)C(=O)CC(C)=C1)C1CCOCC1. The molecule has 0 radical (unpaired) electrons. The van der Waals surface area contributed by atoms with Crippen molar-refractivity contribution in [3.63, 3.8) is 0 Å². The average Bonchev–Trinajstić information content (AvgIpc) is 2.83. The maximum Gasteiger partial charge on any atom is 0.253 e. The summed E-state index contributed by atoms with van der Waals surface area (Å²) in [5.74, 6) is -0.0413. The maximum atomic E-state index is 13.3. The predicted molar refractivity (Wildman–Crippen MR) is 131 cm³/mol. The van der Waals surface area contributed by atoms with Crippen LogP contribution in [-0.4, -0.2) is 49.0 Å². The van der Waals surface area contributed by atoms with Crippen LogP contribution in [-0.2, 0) is 16.0 Å². The molecule has 1 aliphatic carbocycles. The highest BCUT2D eigenvalue weighted by Gasteiger charge is 2.26. The number of nitrogens with zero attached hydrogens (tertiary/aromatic N) is 2. The molecule has 4 rings (SSSR count). The molecule has 1 N–H and O–H groups in total. The molecule has 176 valence electrons. The summed E-state index contributed by atoms with van der Waals surface area (Å²) in [6.45, 7) is 6.81. The van der Waals surface area contributed by atoms with E-state index in [1.165, 1.54) is 0 Å². The minimum absolute atomic E-state index is 0.125. The van der Waals surface area contributed by atoms with Gasteiger partial charge in [0.15, 0.2) is 5.78 Å². The normalized spacial score (nSPS) is 21.6. The first-order valence-electron chi connectivity index (χ1n) is 12.2. The lowest BCUT2D eigenvalue weighted by atomic mass is 9.89. The number of fused-ring (bicyclic) bond motifs is 1. The number of Topliss-reactive ketones (excluding diaryl/α,β-unsaturated/α-hetero) is 1. The van der Waals surface area contributed by atoms with E-state index in [1.807, 2.05) is 13.1 Å². The van der Waals surface area contributed by atoms with Crippen molar-refractivity contribution in [2.75, 3.05) is 31.2 Å². The minimum Gasteiger partial charge on any atom is -0.381 e. The van der Waals surface area contributed by atoms with Crippen molar-refractivity contribution in [1.82, 2.24) is 10.3 Å². The summed E-state index contributed by atoms with van der Waals surface area (Å²) in [5.41, 5.74) is 5.55. The zero-order valence-corrected chi connectivity index (χ0v) is 19.9. The van der Waals surface area contributed by atoms with Crippen molar-refractivity contribution < 1.29 is 14.3 Å². The number of nitrogens with one attached hydrogen (secondary N) is 1. The monoisotopic (exact) mass is 449 g/mol. The van der Waals surface area contributed by atoms with Crippen LogP contribution < -0.4 is 10.2 Å². The van der Waals surface area contributed by atoms with Crippen molar-refractivity contribution in [1.29, 1.82) is 0 Å². The third-order valence-electron chi connectivity index (χ3n) is 6.88. The van der Waals surface area contributed by atoms with Crippen molar-refractivity contribution in [3.8, 4) is 0 Å². The van der Waals surface area contributed by atoms with E-state index in [9.17, 15) is 9.59 Å². The standard InChI is InChI=1S/C27H35N3O3/c1-3-30(21-10-12-33-13-11-21)25-18-28-16-24-22(25)9-7-5-4-6-8-20-14-19(2)15-26(31)23(20)17-29-27(24)32/h5,7,14,16,18,21H,3-4,6,8-13,15,17H2,1-2H3,(H,29,32)/b7-5+. The first-order valence-corrected chi connectivity index (χ1v) is 12.2. The summed E-state index contributed by atoms with van der Waals surface area (Å²) in [5, 5.41) is 3.04. The molecule has 0 saturated carbocycles. The number of allylic oxidation sites excluding steroid dienone is 5. The van der Waals surface area contributed by atoms with E-state index in [2.05, 4.69) is 40.4 Å². The van der Waals surface area contributed by atoms with Crippen LogP contribution in [0.2, 0.25) is 0 Å². The third kappa shape index (κ3) is 5.44. The Morgan fingerprint density at radius 1 is 1.18 bits per heavy atom. The number of rotatable bonds is 3. The van der Waals surface area contributed by atoms with E-state index in [0.717, 1.165) is 79.8 Å². The fraction of sp³-hybridized carbons (Fsp3) is 0.519. The Balaban J connectivity index is 1.68. The molecule has 1 saturated heterocycles. The number of aromatic nitrogens is 1. The van der Waals surface area contributed by atoms with Gasteiger partial charge in [0, 0.05) is 50.5 Å². The molecule has 0 unspecified atom stereocenters. The highest BCUT2D eigenvalue weighted by Crippen LogP contribution is 2.30. The number of ether oxygens (including phenoxy) is 1. The topological polar surface area (TPSA) is 71.5 Å². The Morgan fingerprint density at radius 3 is 2.79 bits per heavy atom. The first kappa shape index (κ1) is 23.4. The van der Waals surface area contributed by atoms with Gasteiger partial charge in [-0.2, -0.15) is 0 Å². The number of carbonyl (C=O) groups is 2. The average molecular weight is 450 g/mol. The van der Waals surface area contributed by atoms with Gasteiger partial charge in [-0.1, -0.05) is 23.8 Å². The molecule has 1 aromatic rings. The Morgan fingerprint density at radius 2 is 2.00 bits per heavy atom. The van der Waals surface area contributed by atoms with Gasteiger partial charge >= 0.3 is 0 Å². The zero-order valence-electron chi connectivity index (χ0n) is 19.9. The molecule has 1 amide bonds. The Hall–Kier alpha value is -2.73. The summed E-state index contributed by atoms with van der Waals surface area (Å²) >= 11 is 0. The molecule has 3 aliphatic rings. The summed E-state index contributed by atoms with van der Waals surface area (Å²) in [7, 11) is 0. The van der Waals surface area contributed by atoms with Gasteiger partial charge in [0.2, 0.25) is 0 Å². The van der Waals surface area contributed by atoms with Gasteiger partial charge in [0.05, 0.1) is 17.4 Å². The van der Waals surface area contributed by atoms with E-state index in [4.69, 9.17) is 4.74 Å². The number of amides is 1. The number of anilines is 1. The van der Waals surface area contributed by atoms with Crippen molar-refractivity contribution in [2.24, 2.45) is 0 Å². The Bertz CT molecular complexity index is 986. The van der Waals surface area contributed by atoms with E-state index in [1.54, 1.807) is 6.20 Å². The summed E-state index contributed by atoms with van der Waals surface area (Å²) < 4.78 is 5.57. The molecule has 33 heavy (non-hydrogen) atoms. The molecule has 3 heterocycles. The first-order chi connectivity index (χ1) is 16.1. The molecular formula is C27H35N3O3. The minimum atomic E-state index is -0.166. The number of hydrogen-bond acceptors (Lipinski definition) is 5. The highest BCUT2D eigenvalue weighted by molar-refractivity contribution is 6.02. The second-order valence-corrected chi connectivity index (χ2v) is 9.16. The number of pyridine rings is 1. The maximum absolute atomic E-state index is 13.3. The van der Waals surface area contributed by atoms with E-state index < -0.39 is 0 Å². The molecule has 1 aromatic heterocycles. The van der Waals surface area contributed by atoms with Gasteiger partial charge in [0.1, 0.15) is 0 Å². The van der Waals surface area contributed by atoms with Crippen LogP contribution in [0.5, 0.6) is 0 Å². The molecular weight excluding hydrogens is 414 g/mol. The number of hydrogen-bond donors (Lipinski definition) is 1. The van der Waals surface area contributed by atoms with Gasteiger partial charge in [-0.05, 0) is 63.5 Å². The summed E-state index contributed by atoms with van der Waals surface area (Å²) in [4.78, 5) is 32.9. The van der Waals surface area contributed by atoms with Gasteiger partial charge < -0.3 is 15.0 Å². The van der Waals surface area contributed by atoms with Gasteiger partial charge in [-0.25, -0.2) is 0 Å². The van der Waals surface area contributed by atoms with E-state index in [-0.39, 0.29) is 18.2 Å². The zero-order chi connectivity index (χ0) is 23.2. The van der Waals surface area contributed by atoms with E-state index >= 15 is 0 Å². The van der Waals surface area contributed by atoms with Crippen molar-refractivity contribution >= 4 is 17.4 Å². The number of ketones is 1. The van der Waals surface area contributed by atoms with Crippen LogP contribution in [0.15, 0.2) is 47.3 Å². The van der Waals surface area contributed by atoms with Crippen LogP contribution in [0.3, 0.4) is 0 Å². The van der Waals surface area contributed by atoms with Crippen LogP contribution in [0.4, 0.5) is 5.69 Å². The largest absolute Gasteiger partial charge is 0.381 e. The predicted octanol–water partition coefficient (Wildman–Crippen LogP) is 4.32. The molecule has 6 nitrogen and oxygen atoms in total. The highest BCUT2D eigenvalue weighted by atomic mass is 16.5. The smallest absolute Gasteiger partial charge is 0.253 e. The molecule has 0 bridgehead atoms. The fourth-order valence-electron chi connectivity index (χ4n) is 5.16. The van der Waals surface area contributed by atoms with Gasteiger partial charge in [0.25, 0.3) is 5.91 Å². The van der Waals surface area contributed by atoms with Crippen LogP contribution in [0.1, 0.15) is 68.3 Å². The summed E-state index contributed by atoms with van der Waals surface area (Å²) in [6.07, 6.45) is 15.9. The number of carbonyl (C=O) groups excluding carboxylic acids is 2. The molecule has 0 aromatic carbocycles. The lowest BCUT2D eigenvalue weighted by Crippen LogP contribution is -2.40. The third-order valence-corrected chi connectivity index (χ3v) is 6.88. The quantitative estimate of drug-likeness (QED) is 0.696.